The minimum atomic E-state index is 0.272. The van der Waals surface area contributed by atoms with Crippen molar-refractivity contribution in [1.29, 1.82) is 0 Å². The summed E-state index contributed by atoms with van der Waals surface area (Å²) in [6.07, 6.45) is 0.834. The lowest BCUT2D eigenvalue weighted by atomic mass is 10.3. The molecular weight excluding hydrogens is 138 g/mol. The summed E-state index contributed by atoms with van der Waals surface area (Å²) >= 11 is 0. The molecule has 0 spiro atoms. The van der Waals surface area contributed by atoms with Crippen LogP contribution < -0.4 is 5.32 Å². The lowest BCUT2D eigenvalue weighted by Crippen LogP contribution is -2.15. The Labute approximate surface area is 67.2 Å². The summed E-state index contributed by atoms with van der Waals surface area (Å²) in [6.45, 7) is 2.07. The average molecular weight is 152 g/mol. The zero-order valence-corrected chi connectivity index (χ0v) is 6.59. The van der Waals surface area contributed by atoms with Crippen molar-refractivity contribution in [3.05, 3.63) is 29.8 Å². The highest BCUT2D eigenvalue weighted by atomic mass is 16.3. The predicted molar refractivity (Wildman–Crippen MR) is 45.4 cm³/mol. The van der Waals surface area contributed by atoms with Gasteiger partial charge >= 0.3 is 0 Å². The molecule has 0 aromatic heterocycles. The third-order valence-corrected chi connectivity index (χ3v) is 1.57. The zero-order valence-electron chi connectivity index (χ0n) is 6.59. The van der Waals surface area contributed by atoms with Crippen LogP contribution in [0.5, 0.6) is 0 Å². The van der Waals surface area contributed by atoms with Gasteiger partial charge in [-0.3, -0.25) is 0 Å². The summed E-state index contributed by atoms with van der Waals surface area (Å²) in [6, 6.07) is 8.24. The quantitative estimate of drug-likeness (QED) is 0.485. The summed E-state index contributed by atoms with van der Waals surface area (Å²) in [5.41, 5.74) is 1.31. The molecule has 0 radical (unpaired) electrons. The smallest absolute Gasteiger partial charge is 0.0443 e. The third kappa shape index (κ3) is 3.25. The van der Waals surface area contributed by atoms with Gasteiger partial charge in [0.15, 0.2) is 0 Å². The standard InChI is InChI=1S/C9H14NO/c11-7-3-6-10-8-9-4-1-2-5-9/h1-2,4-5,10-11H,3,6-8H2/q-1. The van der Waals surface area contributed by atoms with Crippen molar-refractivity contribution in [3.8, 4) is 0 Å². The van der Waals surface area contributed by atoms with Gasteiger partial charge in [0, 0.05) is 6.61 Å². The van der Waals surface area contributed by atoms with E-state index in [1.807, 2.05) is 12.1 Å². The van der Waals surface area contributed by atoms with Gasteiger partial charge in [-0.15, -0.1) is 0 Å². The molecule has 0 saturated heterocycles. The molecule has 2 heteroatoms. The number of aliphatic hydroxyl groups excluding tert-OH is 1. The van der Waals surface area contributed by atoms with Crippen molar-refractivity contribution < 1.29 is 5.11 Å². The molecule has 0 bridgehead atoms. The Bertz CT molecular complexity index is 170. The fraction of sp³-hybridized carbons (Fsp3) is 0.444. The third-order valence-electron chi connectivity index (χ3n) is 1.57. The summed E-state index contributed by atoms with van der Waals surface area (Å²) in [7, 11) is 0. The summed E-state index contributed by atoms with van der Waals surface area (Å²) in [4.78, 5) is 0. The Morgan fingerprint density at radius 2 is 2.45 bits per heavy atom. The van der Waals surface area contributed by atoms with E-state index in [1.165, 1.54) is 5.56 Å². The monoisotopic (exact) mass is 152 g/mol. The van der Waals surface area contributed by atoms with E-state index in [0.29, 0.717) is 0 Å². The van der Waals surface area contributed by atoms with E-state index in [-0.39, 0.29) is 6.61 Å². The van der Waals surface area contributed by atoms with Crippen LogP contribution in [0.25, 0.3) is 0 Å². The molecule has 62 valence electrons. The van der Waals surface area contributed by atoms with Gasteiger partial charge in [-0.05, 0) is 19.5 Å². The van der Waals surface area contributed by atoms with Gasteiger partial charge in [-0.2, -0.15) is 23.8 Å². The van der Waals surface area contributed by atoms with E-state index < -0.39 is 0 Å². The molecule has 2 nitrogen and oxygen atoms in total. The molecule has 0 saturated carbocycles. The van der Waals surface area contributed by atoms with Gasteiger partial charge in [0.2, 0.25) is 0 Å². The fourth-order valence-corrected chi connectivity index (χ4v) is 0.968. The van der Waals surface area contributed by atoms with Crippen molar-refractivity contribution >= 4 is 0 Å². The first-order chi connectivity index (χ1) is 5.43. The van der Waals surface area contributed by atoms with Crippen LogP contribution in [-0.4, -0.2) is 18.3 Å². The minimum absolute atomic E-state index is 0.272. The molecule has 1 aromatic carbocycles. The van der Waals surface area contributed by atoms with Crippen LogP contribution in [0.3, 0.4) is 0 Å². The number of nitrogens with one attached hydrogen (secondary N) is 1. The summed E-state index contributed by atoms with van der Waals surface area (Å²) in [5.74, 6) is 0. The van der Waals surface area contributed by atoms with Crippen LogP contribution in [0, 0.1) is 0 Å². The molecule has 1 aromatic rings. The number of hydrogen-bond acceptors (Lipinski definition) is 2. The SMILES string of the molecule is OCCCNCc1cc[cH-]c1. The van der Waals surface area contributed by atoms with Crippen LogP contribution in [0.15, 0.2) is 24.3 Å². The van der Waals surface area contributed by atoms with Gasteiger partial charge in [0.1, 0.15) is 0 Å². The van der Waals surface area contributed by atoms with Gasteiger partial charge in [0.05, 0.1) is 0 Å². The molecule has 2 N–H and O–H groups in total. The van der Waals surface area contributed by atoms with Gasteiger partial charge in [-0.25, -0.2) is 6.07 Å². The van der Waals surface area contributed by atoms with Crippen LogP contribution in [-0.2, 0) is 6.54 Å². The number of hydrogen-bond donors (Lipinski definition) is 2. The first-order valence-electron chi connectivity index (χ1n) is 3.95. The first kappa shape index (κ1) is 8.37. The molecule has 0 amide bonds. The normalized spacial score (nSPS) is 10.3. The maximum atomic E-state index is 8.48. The van der Waals surface area contributed by atoms with Crippen molar-refractivity contribution in [2.45, 2.75) is 13.0 Å². The van der Waals surface area contributed by atoms with E-state index >= 15 is 0 Å². The zero-order chi connectivity index (χ0) is 7.94. The van der Waals surface area contributed by atoms with E-state index in [9.17, 15) is 0 Å². The molecule has 0 aliphatic carbocycles. The maximum absolute atomic E-state index is 8.48. The Morgan fingerprint density at radius 1 is 1.55 bits per heavy atom. The minimum Gasteiger partial charge on any atom is -0.396 e. The topological polar surface area (TPSA) is 32.3 Å². The Balaban J connectivity index is 2.04. The van der Waals surface area contributed by atoms with E-state index in [4.69, 9.17) is 5.11 Å². The molecule has 0 fully saturated rings. The molecule has 0 atom stereocenters. The highest BCUT2D eigenvalue weighted by molar-refractivity contribution is 5.15. The molecule has 0 aliphatic heterocycles. The van der Waals surface area contributed by atoms with Crippen molar-refractivity contribution in [3.63, 3.8) is 0 Å². The number of rotatable bonds is 5. The molecular formula is C9H14NO-. The second-order valence-corrected chi connectivity index (χ2v) is 2.55. The lowest BCUT2D eigenvalue weighted by Gasteiger charge is -2.05. The Kier molecular flexibility index (Phi) is 3.80. The summed E-state index contributed by atoms with van der Waals surface area (Å²) < 4.78 is 0. The van der Waals surface area contributed by atoms with E-state index in [1.54, 1.807) is 0 Å². The fourth-order valence-electron chi connectivity index (χ4n) is 0.968. The van der Waals surface area contributed by atoms with Gasteiger partial charge in [0.25, 0.3) is 0 Å². The van der Waals surface area contributed by atoms with E-state index in [2.05, 4.69) is 17.4 Å². The van der Waals surface area contributed by atoms with Crippen molar-refractivity contribution in [2.24, 2.45) is 0 Å². The molecule has 0 heterocycles. The maximum Gasteiger partial charge on any atom is 0.0443 e. The van der Waals surface area contributed by atoms with Crippen LogP contribution in [0.4, 0.5) is 0 Å². The summed E-state index contributed by atoms with van der Waals surface area (Å²) in [5, 5.41) is 11.7. The van der Waals surface area contributed by atoms with Gasteiger partial charge < -0.3 is 10.4 Å². The van der Waals surface area contributed by atoms with Crippen LogP contribution >= 0.6 is 0 Å². The Morgan fingerprint density at radius 3 is 3.09 bits per heavy atom. The highest BCUT2D eigenvalue weighted by Crippen LogP contribution is 1.97. The van der Waals surface area contributed by atoms with Gasteiger partial charge in [-0.1, -0.05) is 0 Å². The average Bonchev–Trinajstić information content (AvgIpc) is 2.50. The van der Waals surface area contributed by atoms with Crippen molar-refractivity contribution in [1.82, 2.24) is 5.32 Å². The van der Waals surface area contributed by atoms with Crippen LogP contribution in [0.2, 0.25) is 0 Å². The van der Waals surface area contributed by atoms with E-state index in [0.717, 1.165) is 19.5 Å². The second kappa shape index (κ2) is 4.99. The molecule has 0 unspecified atom stereocenters. The lowest BCUT2D eigenvalue weighted by molar-refractivity contribution is 0.286. The highest BCUT2D eigenvalue weighted by Gasteiger charge is 1.83. The molecule has 11 heavy (non-hydrogen) atoms. The van der Waals surface area contributed by atoms with Crippen LogP contribution in [0.1, 0.15) is 12.0 Å². The predicted octanol–water partition coefficient (Wildman–Crippen LogP) is 0.877. The molecule has 0 aliphatic rings. The largest absolute Gasteiger partial charge is 0.396 e. The molecule has 1 rings (SSSR count). The number of aliphatic hydroxyl groups is 1. The van der Waals surface area contributed by atoms with Crippen molar-refractivity contribution in [2.75, 3.05) is 13.2 Å². The first-order valence-corrected chi connectivity index (χ1v) is 3.95. The second-order valence-electron chi connectivity index (χ2n) is 2.55. The Hall–Kier alpha value is -0.730.